The predicted molar refractivity (Wildman–Crippen MR) is 60.4 cm³/mol. The van der Waals surface area contributed by atoms with E-state index in [1.165, 1.54) is 6.92 Å². The van der Waals surface area contributed by atoms with Crippen LogP contribution in [0, 0.1) is 11.8 Å². The second-order valence-electron chi connectivity index (χ2n) is 4.12. The SMILES string of the molecule is CC=CCC(C(=O)OCC1CO1)C(C)C(=O)O. The van der Waals surface area contributed by atoms with Crippen LogP contribution in [0.4, 0.5) is 0 Å². The molecular formula is C12H18O5. The molecule has 5 heteroatoms. The minimum Gasteiger partial charge on any atom is -0.481 e. The standard InChI is InChI=1S/C12H18O5/c1-3-4-5-10(8(2)11(13)14)12(15)17-7-9-6-16-9/h3-4,8-10H,5-7H2,1-2H3,(H,13,14). The molecule has 1 N–H and O–H groups in total. The Labute approximate surface area is 100 Å². The maximum Gasteiger partial charge on any atom is 0.310 e. The summed E-state index contributed by atoms with van der Waals surface area (Å²) < 4.78 is 9.96. The van der Waals surface area contributed by atoms with Crippen molar-refractivity contribution >= 4 is 11.9 Å². The van der Waals surface area contributed by atoms with Crippen molar-refractivity contribution < 1.29 is 24.2 Å². The summed E-state index contributed by atoms with van der Waals surface area (Å²) in [6, 6.07) is 0. The molecule has 3 unspecified atom stereocenters. The zero-order valence-corrected chi connectivity index (χ0v) is 10.1. The van der Waals surface area contributed by atoms with Gasteiger partial charge in [0.1, 0.15) is 12.7 Å². The van der Waals surface area contributed by atoms with Crippen LogP contribution < -0.4 is 0 Å². The molecule has 1 aliphatic rings. The van der Waals surface area contributed by atoms with Crippen LogP contribution in [-0.2, 0) is 19.1 Å². The average Bonchev–Trinajstić information content (AvgIpc) is 3.10. The summed E-state index contributed by atoms with van der Waals surface area (Å²) in [5.41, 5.74) is 0. The maximum atomic E-state index is 11.8. The lowest BCUT2D eigenvalue weighted by atomic mass is 9.91. The Bertz CT molecular complexity index is 306. The fourth-order valence-electron chi connectivity index (χ4n) is 1.41. The highest BCUT2D eigenvalue weighted by atomic mass is 16.6. The lowest BCUT2D eigenvalue weighted by Crippen LogP contribution is -2.29. The molecule has 0 aromatic heterocycles. The molecule has 3 atom stereocenters. The van der Waals surface area contributed by atoms with E-state index in [0.29, 0.717) is 13.0 Å². The fourth-order valence-corrected chi connectivity index (χ4v) is 1.41. The average molecular weight is 242 g/mol. The molecule has 1 heterocycles. The number of carboxylic acids is 1. The molecule has 0 aromatic carbocycles. The van der Waals surface area contributed by atoms with Gasteiger partial charge in [-0.05, 0) is 13.3 Å². The Hall–Kier alpha value is -1.36. The van der Waals surface area contributed by atoms with Crippen LogP contribution in [0.2, 0.25) is 0 Å². The van der Waals surface area contributed by atoms with Crippen LogP contribution in [0.1, 0.15) is 20.3 Å². The number of carboxylic acid groups (broad SMARTS) is 1. The zero-order chi connectivity index (χ0) is 12.8. The van der Waals surface area contributed by atoms with Crippen molar-refractivity contribution in [2.75, 3.05) is 13.2 Å². The minimum atomic E-state index is -0.987. The number of carbonyl (C=O) groups excluding carboxylic acids is 1. The molecule has 1 fully saturated rings. The summed E-state index contributed by atoms with van der Waals surface area (Å²) in [5, 5.41) is 8.93. The van der Waals surface area contributed by atoms with E-state index in [0.717, 1.165) is 0 Å². The first-order valence-electron chi connectivity index (χ1n) is 5.68. The minimum absolute atomic E-state index is 0.00134. The molecule has 1 rings (SSSR count). The molecule has 0 aromatic rings. The maximum absolute atomic E-state index is 11.8. The van der Waals surface area contributed by atoms with Gasteiger partial charge in [0.25, 0.3) is 0 Å². The summed E-state index contributed by atoms with van der Waals surface area (Å²) in [7, 11) is 0. The summed E-state index contributed by atoms with van der Waals surface area (Å²) in [4.78, 5) is 22.7. The molecule has 0 bridgehead atoms. The summed E-state index contributed by atoms with van der Waals surface area (Å²) >= 11 is 0. The highest BCUT2D eigenvalue weighted by Crippen LogP contribution is 2.20. The number of allylic oxidation sites excluding steroid dienone is 2. The molecular weight excluding hydrogens is 224 g/mol. The Morgan fingerprint density at radius 3 is 2.71 bits per heavy atom. The number of hydrogen-bond donors (Lipinski definition) is 1. The van der Waals surface area contributed by atoms with Crippen molar-refractivity contribution in [1.82, 2.24) is 0 Å². The Kier molecular flexibility index (Phi) is 5.15. The molecule has 1 aliphatic heterocycles. The van der Waals surface area contributed by atoms with Gasteiger partial charge in [0.05, 0.1) is 18.4 Å². The van der Waals surface area contributed by atoms with E-state index in [4.69, 9.17) is 14.6 Å². The first kappa shape index (κ1) is 13.7. The first-order valence-corrected chi connectivity index (χ1v) is 5.68. The zero-order valence-electron chi connectivity index (χ0n) is 10.1. The topological polar surface area (TPSA) is 76.1 Å². The van der Waals surface area contributed by atoms with Crippen molar-refractivity contribution in [3.63, 3.8) is 0 Å². The van der Waals surface area contributed by atoms with E-state index < -0.39 is 23.8 Å². The van der Waals surface area contributed by atoms with Crippen molar-refractivity contribution in [2.45, 2.75) is 26.4 Å². The smallest absolute Gasteiger partial charge is 0.310 e. The third-order valence-corrected chi connectivity index (χ3v) is 2.74. The van der Waals surface area contributed by atoms with E-state index >= 15 is 0 Å². The van der Waals surface area contributed by atoms with E-state index in [9.17, 15) is 9.59 Å². The van der Waals surface area contributed by atoms with Crippen LogP contribution >= 0.6 is 0 Å². The monoisotopic (exact) mass is 242 g/mol. The Balaban J connectivity index is 2.52. The number of carbonyl (C=O) groups is 2. The number of rotatable bonds is 7. The third kappa shape index (κ3) is 4.56. The van der Waals surface area contributed by atoms with Crippen molar-refractivity contribution in [3.8, 4) is 0 Å². The van der Waals surface area contributed by atoms with Gasteiger partial charge in [0, 0.05) is 0 Å². The molecule has 0 spiro atoms. The summed E-state index contributed by atoms with van der Waals surface area (Å²) in [6.45, 7) is 4.18. The molecule has 96 valence electrons. The van der Waals surface area contributed by atoms with Crippen LogP contribution in [0.15, 0.2) is 12.2 Å². The highest BCUT2D eigenvalue weighted by Gasteiger charge is 2.32. The van der Waals surface area contributed by atoms with Gasteiger partial charge in [-0.15, -0.1) is 0 Å². The van der Waals surface area contributed by atoms with Gasteiger partial charge in [-0.2, -0.15) is 0 Å². The quantitative estimate of drug-likeness (QED) is 0.413. The molecule has 5 nitrogen and oxygen atoms in total. The van der Waals surface area contributed by atoms with Gasteiger partial charge < -0.3 is 14.6 Å². The lowest BCUT2D eigenvalue weighted by Gasteiger charge is -2.17. The Morgan fingerprint density at radius 2 is 2.24 bits per heavy atom. The van der Waals surface area contributed by atoms with Crippen LogP contribution in [0.5, 0.6) is 0 Å². The van der Waals surface area contributed by atoms with Gasteiger partial charge in [-0.25, -0.2) is 0 Å². The number of esters is 1. The number of ether oxygens (including phenoxy) is 2. The van der Waals surface area contributed by atoms with E-state index in [-0.39, 0.29) is 12.7 Å². The molecule has 0 aliphatic carbocycles. The van der Waals surface area contributed by atoms with Crippen molar-refractivity contribution in [3.05, 3.63) is 12.2 Å². The first-order chi connectivity index (χ1) is 8.06. The molecule has 0 radical (unpaired) electrons. The molecule has 0 saturated carbocycles. The summed E-state index contributed by atoms with van der Waals surface area (Å²) in [5.74, 6) is -2.84. The fraction of sp³-hybridized carbons (Fsp3) is 0.667. The molecule has 0 amide bonds. The van der Waals surface area contributed by atoms with Crippen LogP contribution in [-0.4, -0.2) is 36.4 Å². The second-order valence-corrected chi connectivity index (χ2v) is 4.12. The van der Waals surface area contributed by atoms with E-state index in [1.54, 1.807) is 12.2 Å². The molecule has 17 heavy (non-hydrogen) atoms. The van der Waals surface area contributed by atoms with Crippen molar-refractivity contribution in [1.29, 1.82) is 0 Å². The van der Waals surface area contributed by atoms with Crippen LogP contribution in [0.25, 0.3) is 0 Å². The van der Waals surface area contributed by atoms with Gasteiger partial charge in [0.2, 0.25) is 0 Å². The largest absolute Gasteiger partial charge is 0.481 e. The lowest BCUT2D eigenvalue weighted by molar-refractivity contribution is -0.157. The van der Waals surface area contributed by atoms with E-state index in [1.807, 2.05) is 6.92 Å². The predicted octanol–water partition coefficient (Wildman–Crippen LogP) is 1.23. The van der Waals surface area contributed by atoms with Gasteiger partial charge in [0.15, 0.2) is 0 Å². The number of epoxide rings is 1. The third-order valence-electron chi connectivity index (χ3n) is 2.74. The van der Waals surface area contributed by atoms with Gasteiger partial charge in [-0.1, -0.05) is 19.1 Å². The van der Waals surface area contributed by atoms with E-state index in [2.05, 4.69) is 0 Å². The number of aliphatic carboxylic acids is 1. The van der Waals surface area contributed by atoms with Gasteiger partial charge in [-0.3, -0.25) is 9.59 Å². The van der Waals surface area contributed by atoms with Crippen LogP contribution in [0.3, 0.4) is 0 Å². The summed E-state index contributed by atoms with van der Waals surface area (Å²) in [6.07, 6.45) is 3.95. The Morgan fingerprint density at radius 1 is 1.59 bits per heavy atom. The second kappa shape index (κ2) is 6.39. The van der Waals surface area contributed by atoms with Gasteiger partial charge >= 0.3 is 11.9 Å². The van der Waals surface area contributed by atoms with Crippen molar-refractivity contribution in [2.24, 2.45) is 11.8 Å². The normalized spacial score (nSPS) is 22.1. The highest BCUT2D eigenvalue weighted by molar-refractivity contribution is 5.81. The molecule has 1 saturated heterocycles. The number of hydrogen-bond acceptors (Lipinski definition) is 4.